The van der Waals surface area contributed by atoms with Gasteiger partial charge in [-0.05, 0) is 19.9 Å². The third-order valence-corrected chi connectivity index (χ3v) is 4.94. The summed E-state index contributed by atoms with van der Waals surface area (Å²) in [6.07, 6.45) is 1.69. The Labute approximate surface area is 160 Å². The molecule has 27 heavy (non-hydrogen) atoms. The molecule has 9 heteroatoms. The predicted molar refractivity (Wildman–Crippen MR) is 106 cm³/mol. The molecule has 3 aromatic rings. The van der Waals surface area contributed by atoms with Gasteiger partial charge in [-0.15, -0.1) is 0 Å². The van der Waals surface area contributed by atoms with Crippen molar-refractivity contribution in [3.05, 3.63) is 29.5 Å². The number of hydrogen-bond donors (Lipinski definition) is 2. The highest BCUT2D eigenvalue weighted by molar-refractivity contribution is 6.34. The number of nitrogen functional groups attached to an aromatic ring is 1. The molecular weight excluding hydrogens is 368 g/mol. The van der Waals surface area contributed by atoms with Crippen LogP contribution in [0.3, 0.4) is 0 Å². The fourth-order valence-corrected chi connectivity index (χ4v) is 3.30. The van der Waals surface area contributed by atoms with Crippen molar-refractivity contribution < 1.29 is 9.53 Å². The van der Waals surface area contributed by atoms with E-state index in [2.05, 4.69) is 15.3 Å². The van der Waals surface area contributed by atoms with Gasteiger partial charge in [0.2, 0.25) is 0 Å². The number of nitrogens with zero attached hydrogens (tertiary/aromatic N) is 4. The zero-order chi connectivity index (χ0) is 19.5. The fourth-order valence-electron chi connectivity index (χ4n) is 3.01. The second kappa shape index (κ2) is 5.75. The van der Waals surface area contributed by atoms with E-state index in [1.807, 2.05) is 29.6 Å². The number of aromatic nitrogens is 3. The molecule has 0 saturated carbocycles. The molecule has 1 aliphatic heterocycles. The van der Waals surface area contributed by atoms with E-state index in [1.165, 1.54) is 0 Å². The van der Waals surface area contributed by atoms with Crippen LogP contribution in [0.5, 0.6) is 5.75 Å². The Hall–Kier alpha value is -3.00. The van der Waals surface area contributed by atoms with E-state index in [1.54, 1.807) is 32.3 Å². The Balaban J connectivity index is 1.80. The van der Waals surface area contributed by atoms with Crippen LogP contribution in [-0.2, 0) is 11.8 Å². The van der Waals surface area contributed by atoms with Crippen LogP contribution in [-0.4, -0.2) is 33.1 Å². The first-order chi connectivity index (χ1) is 12.7. The number of benzene rings is 1. The molecule has 1 aliphatic rings. The first-order valence-corrected chi connectivity index (χ1v) is 8.70. The number of amides is 1. The fraction of sp³-hybridized carbons (Fsp3) is 0.278. The highest BCUT2D eigenvalue weighted by atomic mass is 35.5. The molecule has 0 radical (unpaired) electrons. The Morgan fingerprint density at radius 2 is 2.07 bits per heavy atom. The van der Waals surface area contributed by atoms with Gasteiger partial charge in [-0.2, -0.15) is 0 Å². The van der Waals surface area contributed by atoms with E-state index in [-0.39, 0.29) is 5.91 Å². The number of fused-ring (bicyclic) bond motifs is 2. The third-order valence-electron chi connectivity index (χ3n) is 4.64. The standard InChI is InChI=1S/C18H19ClN6O2/c1-18(2)17(26)22-10-5-9(19)11(6-13(10)27-18)25(4)14-7-12-15(16(20)23-14)21-8-24(12)3/h5-8H,1-4H3,(H2,20,23)(H,22,26). The summed E-state index contributed by atoms with van der Waals surface area (Å²) < 4.78 is 7.73. The highest BCUT2D eigenvalue weighted by Gasteiger charge is 2.36. The molecule has 1 amide bonds. The molecule has 3 heterocycles. The lowest BCUT2D eigenvalue weighted by Crippen LogP contribution is -2.45. The third kappa shape index (κ3) is 2.73. The molecule has 4 rings (SSSR count). The summed E-state index contributed by atoms with van der Waals surface area (Å²) in [7, 11) is 3.73. The SMILES string of the molecule is CN(c1cc2c(ncn2C)c(N)n1)c1cc2c(cc1Cl)NC(=O)C(C)(C)O2. The maximum Gasteiger partial charge on any atom is 0.268 e. The van der Waals surface area contributed by atoms with Crippen molar-refractivity contribution in [1.29, 1.82) is 0 Å². The molecule has 0 bridgehead atoms. The van der Waals surface area contributed by atoms with Crippen molar-refractivity contribution in [3.63, 3.8) is 0 Å². The second-order valence-corrected chi connectivity index (χ2v) is 7.42. The van der Waals surface area contributed by atoms with Crippen LogP contribution in [0.1, 0.15) is 13.8 Å². The van der Waals surface area contributed by atoms with Gasteiger partial charge in [0.1, 0.15) is 17.1 Å². The Bertz CT molecular complexity index is 1090. The molecule has 0 atom stereocenters. The van der Waals surface area contributed by atoms with Gasteiger partial charge in [0.25, 0.3) is 5.91 Å². The maximum atomic E-state index is 12.1. The number of anilines is 4. The summed E-state index contributed by atoms with van der Waals surface area (Å²) in [5, 5.41) is 3.27. The molecule has 1 aromatic carbocycles. The number of nitrogens with two attached hydrogens (primary N) is 1. The van der Waals surface area contributed by atoms with Gasteiger partial charge in [-0.1, -0.05) is 11.6 Å². The van der Waals surface area contributed by atoms with E-state index >= 15 is 0 Å². The summed E-state index contributed by atoms with van der Waals surface area (Å²) in [5.74, 6) is 1.28. The molecule has 140 valence electrons. The van der Waals surface area contributed by atoms with Crippen molar-refractivity contribution in [2.75, 3.05) is 23.0 Å². The van der Waals surface area contributed by atoms with Crippen molar-refractivity contribution in [1.82, 2.24) is 14.5 Å². The molecule has 0 saturated heterocycles. The number of hydrogen-bond acceptors (Lipinski definition) is 6. The molecule has 0 spiro atoms. The van der Waals surface area contributed by atoms with Crippen LogP contribution in [0.25, 0.3) is 11.0 Å². The zero-order valence-electron chi connectivity index (χ0n) is 15.4. The maximum absolute atomic E-state index is 12.1. The van der Waals surface area contributed by atoms with Crippen LogP contribution >= 0.6 is 11.6 Å². The monoisotopic (exact) mass is 386 g/mol. The van der Waals surface area contributed by atoms with E-state index in [0.29, 0.717) is 39.3 Å². The zero-order valence-corrected chi connectivity index (χ0v) is 16.1. The lowest BCUT2D eigenvalue weighted by molar-refractivity contribution is -0.129. The highest BCUT2D eigenvalue weighted by Crippen LogP contribution is 2.42. The van der Waals surface area contributed by atoms with E-state index in [4.69, 9.17) is 22.1 Å². The van der Waals surface area contributed by atoms with Gasteiger partial charge in [-0.3, -0.25) is 4.79 Å². The largest absolute Gasteiger partial charge is 0.476 e. The normalized spacial score (nSPS) is 15.2. The number of carbonyl (C=O) groups is 1. The Morgan fingerprint density at radius 3 is 2.81 bits per heavy atom. The van der Waals surface area contributed by atoms with Crippen molar-refractivity contribution in [2.45, 2.75) is 19.4 Å². The lowest BCUT2D eigenvalue weighted by Gasteiger charge is -2.32. The van der Waals surface area contributed by atoms with Crippen LogP contribution in [0.2, 0.25) is 5.02 Å². The van der Waals surface area contributed by atoms with Gasteiger partial charge in [-0.25, -0.2) is 9.97 Å². The molecule has 0 unspecified atom stereocenters. The van der Waals surface area contributed by atoms with E-state index < -0.39 is 5.60 Å². The van der Waals surface area contributed by atoms with Crippen LogP contribution in [0.15, 0.2) is 24.5 Å². The minimum atomic E-state index is -0.965. The van der Waals surface area contributed by atoms with Crippen LogP contribution in [0, 0.1) is 0 Å². The number of aryl methyl sites for hydroxylation is 1. The van der Waals surface area contributed by atoms with Gasteiger partial charge < -0.3 is 25.3 Å². The summed E-state index contributed by atoms with van der Waals surface area (Å²) in [6.45, 7) is 3.42. The summed E-state index contributed by atoms with van der Waals surface area (Å²) in [5.41, 5.74) is 7.83. The van der Waals surface area contributed by atoms with Crippen molar-refractivity contribution in [3.8, 4) is 5.75 Å². The number of nitrogens with one attached hydrogen (secondary N) is 1. The minimum Gasteiger partial charge on any atom is -0.476 e. The molecule has 2 aromatic heterocycles. The van der Waals surface area contributed by atoms with Crippen LogP contribution < -0.4 is 20.7 Å². The van der Waals surface area contributed by atoms with Crippen molar-refractivity contribution in [2.24, 2.45) is 7.05 Å². The van der Waals surface area contributed by atoms with Crippen molar-refractivity contribution >= 4 is 51.6 Å². The molecule has 0 aliphatic carbocycles. The molecule has 0 fully saturated rings. The summed E-state index contributed by atoms with van der Waals surface area (Å²) >= 11 is 6.47. The Morgan fingerprint density at radius 1 is 1.33 bits per heavy atom. The van der Waals surface area contributed by atoms with Crippen LogP contribution in [0.4, 0.5) is 23.0 Å². The number of pyridine rings is 1. The topological polar surface area (TPSA) is 98.3 Å². The second-order valence-electron chi connectivity index (χ2n) is 7.01. The Kier molecular flexibility index (Phi) is 3.71. The first kappa shape index (κ1) is 17.4. The van der Waals surface area contributed by atoms with Gasteiger partial charge in [0, 0.05) is 26.2 Å². The predicted octanol–water partition coefficient (Wildman–Crippen LogP) is 3.08. The lowest BCUT2D eigenvalue weighted by atomic mass is 10.1. The average molecular weight is 387 g/mol. The number of imidazole rings is 1. The number of rotatable bonds is 2. The summed E-state index contributed by atoms with van der Waals surface area (Å²) in [4.78, 5) is 22.6. The minimum absolute atomic E-state index is 0.219. The van der Waals surface area contributed by atoms with Gasteiger partial charge in [0.15, 0.2) is 11.4 Å². The van der Waals surface area contributed by atoms with E-state index in [0.717, 1.165) is 5.52 Å². The van der Waals surface area contributed by atoms with Gasteiger partial charge >= 0.3 is 0 Å². The van der Waals surface area contributed by atoms with E-state index in [9.17, 15) is 4.79 Å². The quantitative estimate of drug-likeness (QED) is 0.702. The number of halogens is 1. The average Bonchev–Trinajstić information content (AvgIpc) is 2.97. The summed E-state index contributed by atoms with van der Waals surface area (Å²) in [6, 6.07) is 5.34. The van der Waals surface area contributed by atoms with Gasteiger partial charge in [0.05, 0.1) is 28.2 Å². The molecular formula is C18H19ClN6O2. The molecule has 3 N–H and O–H groups in total. The molecule has 8 nitrogen and oxygen atoms in total. The number of carbonyl (C=O) groups excluding carboxylic acids is 1. The first-order valence-electron chi connectivity index (χ1n) is 8.32. The smallest absolute Gasteiger partial charge is 0.268 e. The number of ether oxygens (including phenoxy) is 1.